The van der Waals surface area contributed by atoms with Crippen LogP contribution in [0.1, 0.15) is 97.3 Å². The van der Waals surface area contributed by atoms with E-state index in [1.807, 2.05) is 13.8 Å². The number of benzene rings is 2. The van der Waals surface area contributed by atoms with Gasteiger partial charge in [-0.05, 0) is 74.2 Å². The van der Waals surface area contributed by atoms with Crippen molar-refractivity contribution in [3.63, 3.8) is 0 Å². The van der Waals surface area contributed by atoms with E-state index in [4.69, 9.17) is 9.47 Å². The molecule has 2 rings (SSSR count). The Morgan fingerprint density at radius 3 is 1.16 bits per heavy atom. The van der Waals surface area contributed by atoms with Crippen LogP contribution in [0.5, 0.6) is 23.0 Å². The molecule has 2 aromatic carbocycles. The Morgan fingerprint density at radius 2 is 0.865 bits per heavy atom. The van der Waals surface area contributed by atoms with Crippen molar-refractivity contribution in [3.8, 4) is 23.0 Å². The van der Waals surface area contributed by atoms with E-state index in [2.05, 4.69) is 0 Å². The molecule has 0 aliphatic heterocycles. The van der Waals surface area contributed by atoms with Gasteiger partial charge in [0, 0.05) is 0 Å². The Labute approximate surface area is 222 Å². The Morgan fingerprint density at radius 1 is 0.568 bits per heavy atom. The lowest BCUT2D eigenvalue weighted by atomic mass is 9.97. The maximum atomic E-state index is 12.4. The van der Waals surface area contributed by atoms with Gasteiger partial charge in [-0.2, -0.15) is 0 Å². The number of unbranched alkanes of at least 4 members (excludes halogenated alkanes) is 8. The van der Waals surface area contributed by atoms with Crippen molar-refractivity contribution >= 4 is 11.9 Å². The molecule has 0 radical (unpaired) electrons. The topological polar surface area (TPSA) is 93.1 Å². The molecular weight excluding hydrogens is 468 g/mol. The minimum Gasteiger partial charge on any atom is -0.508 e. The maximum absolute atomic E-state index is 12.4. The zero-order valence-electron chi connectivity index (χ0n) is 22.5. The average Bonchev–Trinajstić information content (AvgIpc) is 2.89. The number of ether oxygens (including phenoxy) is 2. The second kappa shape index (κ2) is 17.4. The lowest BCUT2D eigenvalue weighted by Gasteiger charge is -2.14. The van der Waals surface area contributed by atoms with Gasteiger partial charge in [0.05, 0.1) is 11.8 Å². The molecule has 204 valence electrons. The standard InChI is InChI=1S/C31H44O6/c1-3-24(30(34)36-28-20-16-26(32)17-21-28)14-12-10-8-6-5-7-9-11-13-15-25(4-2)31(35)37-29-22-18-27(33)19-23-29/h16-25,32-33H,3-15H2,1-2H3/t24-,25-/m0/s1. The number of phenolic OH excluding ortho intramolecular Hbond substituents is 2. The fourth-order valence-corrected chi connectivity index (χ4v) is 4.42. The van der Waals surface area contributed by atoms with Crippen LogP contribution in [0, 0.1) is 11.8 Å². The van der Waals surface area contributed by atoms with Gasteiger partial charge in [-0.25, -0.2) is 0 Å². The second-order valence-corrected chi connectivity index (χ2v) is 9.80. The molecule has 0 amide bonds. The zero-order valence-corrected chi connectivity index (χ0v) is 22.5. The molecule has 0 aliphatic rings. The van der Waals surface area contributed by atoms with Crippen molar-refractivity contribution in [2.24, 2.45) is 11.8 Å². The summed E-state index contributed by atoms with van der Waals surface area (Å²) in [5, 5.41) is 18.7. The van der Waals surface area contributed by atoms with Crippen LogP contribution in [-0.2, 0) is 9.59 Å². The van der Waals surface area contributed by atoms with E-state index in [1.54, 1.807) is 24.3 Å². The normalized spacial score (nSPS) is 12.6. The van der Waals surface area contributed by atoms with Crippen LogP contribution < -0.4 is 9.47 Å². The Hall–Kier alpha value is -3.02. The first kappa shape index (κ1) is 30.2. The lowest BCUT2D eigenvalue weighted by Crippen LogP contribution is -2.20. The van der Waals surface area contributed by atoms with Gasteiger partial charge in [-0.1, -0.05) is 71.6 Å². The summed E-state index contributed by atoms with van der Waals surface area (Å²) in [4.78, 5) is 24.8. The summed E-state index contributed by atoms with van der Waals surface area (Å²) < 4.78 is 10.9. The van der Waals surface area contributed by atoms with Crippen molar-refractivity contribution in [2.75, 3.05) is 0 Å². The summed E-state index contributed by atoms with van der Waals surface area (Å²) in [7, 11) is 0. The summed E-state index contributed by atoms with van der Waals surface area (Å²) in [6.07, 6.45) is 13.6. The third-order valence-corrected chi connectivity index (χ3v) is 6.87. The zero-order chi connectivity index (χ0) is 26.9. The third-order valence-electron chi connectivity index (χ3n) is 6.87. The van der Waals surface area contributed by atoms with Gasteiger partial charge in [-0.15, -0.1) is 0 Å². The van der Waals surface area contributed by atoms with Crippen LogP contribution in [0.3, 0.4) is 0 Å². The molecule has 0 aliphatic carbocycles. The number of rotatable bonds is 18. The Bertz CT molecular complexity index is 831. The molecule has 0 saturated heterocycles. The molecule has 0 fully saturated rings. The highest BCUT2D eigenvalue weighted by Crippen LogP contribution is 2.23. The van der Waals surface area contributed by atoms with Crippen LogP contribution in [0.4, 0.5) is 0 Å². The molecule has 2 N–H and O–H groups in total. The Kier molecular flexibility index (Phi) is 14.2. The number of carbonyl (C=O) groups excluding carboxylic acids is 2. The number of carbonyl (C=O) groups is 2. The van der Waals surface area contributed by atoms with Gasteiger partial charge in [0.15, 0.2) is 0 Å². The molecule has 2 atom stereocenters. The SMILES string of the molecule is CC[C@@H](CCCCCCCCCCC[C@H](CC)C(=O)Oc1ccc(O)cc1)C(=O)Oc1ccc(O)cc1. The molecule has 0 unspecified atom stereocenters. The van der Waals surface area contributed by atoms with Gasteiger partial charge >= 0.3 is 11.9 Å². The highest BCUT2D eigenvalue weighted by atomic mass is 16.5. The van der Waals surface area contributed by atoms with Crippen molar-refractivity contribution in [1.29, 1.82) is 0 Å². The number of hydrogen-bond acceptors (Lipinski definition) is 6. The van der Waals surface area contributed by atoms with Crippen molar-refractivity contribution < 1.29 is 29.3 Å². The smallest absolute Gasteiger partial charge is 0.314 e. The fraction of sp³-hybridized carbons (Fsp3) is 0.548. The van der Waals surface area contributed by atoms with Crippen molar-refractivity contribution in [2.45, 2.75) is 97.3 Å². The quantitative estimate of drug-likeness (QED) is 0.120. The van der Waals surface area contributed by atoms with Gasteiger partial charge in [0.25, 0.3) is 0 Å². The molecule has 6 nitrogen and oxygen atoms in total. The summed E-state index contributed by atoms with van der Waals surface area (Å²) in [5.74, 6) is 0.710. The van der Waals surface area contributed by atoms with Gasteiger partial charge in [0.1, 0.15) is 23.0 Å². The average molecular weight is 513 g/mol. The monoisotopic (exact) mass is 512 g/mol. The van der Waals surface area contributed by atoms with E-state index in [9.17, 15) is 19.8 Å². The molecule has 6 heteroatoms. The molecule has 0 aromatic heterocycles. The first-order chi connectivity index (χ1) is 17.9. The first-order valence-corrected chi connectivity index (χ1v) is 13.9. The van der Waals surface area contributed by atoms with Crippen LogP contribution in [0.15, 0.2) is 48.5 Å². The predicted molar refractivity (Wildman–Crippen MR) is 146 cm³/mol. The summed E-state index contributed by atoms with van der Waals surface area (Å²) in [6, 6.07) is 12.5. The molecule has 0 heterocycles. The summed E-state index contributed by atoms with van der Waals surface area (Å²) in [6.45, 7) is 4.04. The summed E-state index contributed by atoms with van der Waals surface area (Å²) in [5.41, 5.74) is 0. The molecule has 0 spiro atoms. The van der Waals surface area contributed by atoms with Crippen LogP contribution in [-0.4, -0.2) is 22.2 Å². The number of phenols is 2. The minimum atomic E-state index is -0.188. The minimum absolute atomic E-state index is 0.0841. The van der Waals surface area contributed by atoms with Gasteiger partial charge < -0.3 is 19.7 Å². The molecule has 2 aromatic rings. The number of hydrogen-bond donors (Lipinski definition) is 2. The van der Waals surface area contributed by atoms with Crippen molar-refractivity contribution in [1.82, 2.24) is 0 Å². The highest BCUT2D eigenvalue weighted by Gasteiger charge is 2.19. The van der Waals surface area contributed by atoms with Crippen molar-refractivity contribution in [3.05, 3.63) is 48.5 Å². The van der Waals surface area contributed by atoms with Crippen LogP contribution >= 0.6 is 0 Å². The number of aromatic hydroxyl groups is 2. The van der Waals surface area contributed by atoms with Gasteiger partial charge in [0.2, 0.25) is 0 Å². The molecular formula is C31H44O6. The predicted octanol–water partition coefficient (Wildman–Crippen LogP) is 7.95. The van der Waals surface area contributed by atoms with E-state index in [0.717, 1.165) is 51.4 Å². The second-order valence-electron chi connectivity index (χ2n) is 9.80. The van der Waals surface area contributed by atoms with Crippen LogP contribution in [0.25, 0.3) is 0 Å². The lowest BCUT2D eigenvalue weighted by molar-refractivity contribution is -0.140. The number of esters is 2. The highest BCUT2D eigenvalue weighted by molar-refractivity contribution is 5.75. The maximum Gasteiger partial charge on any atom is 0.314 e. The van der Waals surface area contributed by atoms with E-state index in [0.29, 0.717) is 11.5 Å². The van der Waals surface area contributed by atoms with Gasteiger partial charge in [-0.3, -0.25) is 9.59 Å². The Balaban J connectivity index is 1.48. The molecule has 37 heavy (non-hydrogen) atoms. The van der Waals surface area contributed by atoms with Crippen LogP contribution in [0.2, 0.25) is 0 Å². The van der Waals surface area contributed by atoms with E-state index in [1.165, 1.54) is 56.4 Å². The van der Waals surface area contributed by atoms with E-state index < -0.39 is 0 Å². The third kappa shape index (κ3) is 12.2. The molecule has 0 saturated carbocycles. The van der Waals surface area contributed by atoms with E-state index in [-0.39, 0.29) is 35.3 Å². The largest absolute Gasteiger partial charge is 0.508 e. The first-order valence-electron chi connectivity index (χ1n) is 13.9. The van der Waals surface area contributed by atoms with E-state index >= 15 is 0 Å². The summed E-state index contributed by atoms with van der Waals surface area (Å²) >= 11 is 0. The fourth-order valence-electron chi connectivity index (χ4n) is 4.42. The molecule has 0 bridgehead atoms.